The average Bonchev–Trinajstić information content (AvgIpc) is 2.42. The molecule has 1 aromatic rings. The van der Waals surface area contributed by atoms with Gasteiger partial charge in [0.15, 0.2) is 0 Å². The van der Waals surface area contributed by atoms with Crippen LogP contribution in [0.15, 0.2) is 29.4 Å². The lowest BCUT2D eigenvalue weighted by molar-refractivity contribution is 0.155. The summed E-state index contributed by atoms with van der Waals surface area (Å²) < 4.78 is 5.93. The molecular weight excluding hydrogens is 250 g/mol. The lowest BCUT2D eigenvalue weighted by Gasteiger charge is -2.23. The molecule has 98 valence electrons. The third-order valence-corrected chi connectivity index (χ3v) is 3.45. The predicted octanol–water partition coefficient (Wildman–Crippen LogP) is 3.97. The van der Waals surface area contributed by atoms with E-state index in [4.69, 9.17) is 21.5 Å². The summed E-state index contributed by atoms with van der Waals surface area (Å²) in [5.41, 5.74) is 1.01. The molecule has 0 spiro atoms. The number of hydrogen-bond acceptors (Lipinski definition) is 3. The Kier molecular flexibility index (Phi) is 4.88. The number of benzene rings is 1. The van der Waals surface area contributed by atoms with E-state index in [0.717, 1.165) is 24.2 Å². The van der Waals surface area contributed by atoms with Crippen LogP contribution in [0.2, 0.25) is 0 Å². The highest BCUT2D eigenvalue weighted by Crippen LogP contribution is 2.23. The van der Waals surface area contributed by atoms with Crippen LogP contribution in [-0.4, -0.2) is 16.5 Å². The maximum Gasteiger partial charge on any atom is 0.149 e. The molecule has 1 aliphatic rings. The SMILES string of the molecule is O/N=C(\Cl)Cc1ccc(OC2CCCCC2)cc1. The fourth-order valence-corrected chi connectivity index (χ4v) is 2.42. The fourth-order valence-electron chi connectivity index (χ4n) is 2.27. The highest BCUT2D eigenvalue weighted by molar-refractivity contribution is 6.65. The molecule has 0 amide bonds. The molecule has 0 aromatic heterocycles. The molecule has 3 nitrogen and oxygen atoms in total. The van der Waals surface area contributed by atoms with Crippen LogP contribution in [0.4, 0.5) is 0 Å². The maximum absolute atomic E-state index is 8.50. The summed E-state index contributed by atoms with van der Waals surface area (Å²) in [6.07, 6.45) is 7.00. The van der Waals surface area contributed by atoms with Crippen molar-refractivity contribution in [3.8, 4) is 5.75 Å². The standard InChI is InChI=1S/C14H18ClNO2/c15-14(16-17)10-11-6-8-13(9-7-11)18-12-4-2-1-3-5-12/h6-9,12,17H,1-5,10H2/b16-14-. The molecule has 0 aliphatic heterocycles. The Labute approximate surface area is 112 Å². The van der Waals surface area contributed by atoms with Gasteiger partial charge in [0.05, 0.1) is 6.10 Å². The minimum Gasteiger partial charge on any atom is -0.490 e. The van der Waals surface area contributed by atoms with Gasteiger partial charge in [-0.05, 0) is 43.4 Å². The Balaban J connectivity index is 1.90. The molecule has 0 saturated heterocycles. The molecule has 0 heterocycles. The summed E-state index contributed by atoms with van der Waals surface area (Å²) in [7, 11) is 0. The lowest BCUT2D eigenvalue weighted by Crippen LogP contribution is -2.19. The first kappa shape index (κ1) is 13.2. The monoisotopic (exact) mass is 267 g/mol. The Morgan fingerprint density at radius 3 is 2.50 bits per heavy atom. The van der Waals surface area contributed by atoms with Gasteiger partial charge < -0.3 is 9.94 Å². The van der Waals surface area contributed by atoms with Crippen LogP contribution >= 0.6 is 11.6 Å². The molecule has 18 heavy (non-hydrogen) atoms. The zero-order chi connectivity index (χ0) is 12.8. The van der Waals surface area contributed by atoms with Crippen LogP contribution in [0.3, 0.4) is 0 Å². The van der Waals surface area contributed by atoms with Crippen molar-refractivity contribution in [2.45, 2.75) is 44.6 Å². The van der Waals surface area contributed by atoms with Gasteiger partial charge in [0.25, 0.3) is 0 Å². The van der Waals surface area contributed by atoms with Gasteiger partial charge in [-0.3, -0.25) is 0 Å². The van der Waals surface area contributed by atoms with Gasteiger partial charge in [0, 0.05) is 6.42 Å². The van der Waals surface area contributed by atoms with Gasteiger partial charge in [-0.25, -0.2) is 0 Å². The molecule has 0 unspecified atom stereocenters. The number of ether oxygens (including phenoxy) is 1. The zero-order valence-electron chi connectivity index (χ0n) is 10.3. The van der Waals surface area contributed by atoms with E-state index < -0.39 is 0 Å². The van der Waals surface area contributed by atoms with E-state index in [1.54, 1.807) is 0 Å². The minimum atomic E-state index is 0.191. The van der Waals surface area contributed by atoms with Crippen LogP contribution in [0.5, 0.6) is 5.75 Å². The maximum atomic E-state index is 8.50. The number of rotatable bonds is 4. The zero-order valence-corrected chi connectivity index (χ0v) is 11.1. The van der Waals surface area contributed by atoms with Gasteiger partial charge >= 0.3 is 0 Å². The Hall–Kier alpha value is -1.22. The van der Waals surface area contributed by atoms with E-state index in [1.807, 2.05) is 24.3 Å². The van der Waals surface area contributed by atoms with E-state index in [9.17, 15) is 0 Å². The summed E-state index contributed by atoms with van der Waals surface area (Å²) in [5, 5.41) is 11.6. The first-order chi connectivity index (χ1) is 8.78. The number of halogens is 1. The van der Waals surface area contributed by atoms with Gasteiger partial charge in [-0.1, -0.05) is 35.3 Å². The highest BCUT2D eigenvalue weighted by atomic mass is 35.5. The summed E-state index contributed by atoms with van der Waals surface area (Å²) in [6.45, 7) is 0. The Bertz CT molecular complexity index is 397. The molecule has 1 aliphatic carbocycles. The molecule has 1 fully saturated rings. The molecule has 0 atom stereocenters. The van der Waals surface area contributed by atoms with E-state index >= 15 is 0 Å². The number of oxime groups is 1. The number of hydrogen-bond donors (Lipinski definition) is 1. The van der Waals surface area contributed by atoms with Crippen LogP contribution in [0.25, 0.3) is 0 Å². The topological polar surface area (TPSA) is 41.8 Å². The van der Waals surface area contributed by atoms with Crippen molar-refractivity contribution in [2.24, 2.45) is 5.16 Å². The van der Waals surface area contributed by atoms with E-state index in [0.29, 0.717) is 12.5 Å². The lowest BCUT2D eigenvalue weighted by atomic mass is 9.98. The van der Waals surface area contributed by atoms with E-state index in [-0.39, 0.29) is 5.17 Å². The summed E-state index contributed by atoms with van der Waals surface area (Å²) in [6, 6.07) is 7.80. The normalized spacial score (nSPS) is 17.7. The molecule has 4 heteroatoms. The third kappa shape index (κ3) is 3.91. The van der Waals surface area contributed by atoms with Crippen LogP contribution in [0, 0.1) is 0 Å². The second kappa shape index (κ2) is 6.64. The quantitative estimate of drug-likeness (QED) is 0.510. The summed E-state index contributed by atoms with van der Waals surface area (Å²) >= 11 is 5.66. The molecule has 1 N–H and O–H groups in total. The first-order valence-corrected chi connectivity index (χ1v) is 6.78. The molecule has 0 radical (unpaired) electrons. The molecule has 2 rings (SSSR count). The van der Waals surface area contributed by atoms with Gasteiger partial charge in [-0.15, -0.1) is 0 Å². The Morgan fingerprint density at radius 2 is 1.89 bits per heavy atom. The van der Waals surface area contributed by atoms with Crippen molar-refractivity contribution in [1.82, 2.24) is 0 Å². The highest BCUT2D eigenvalue weighted by Gasteiger charge is 2.14. The van der Waals surface area contributed by atoms with Gasteiger partial charge in [0.1, 0.15) is 10.9 Å². The largest absolute Gasteiger partial charge is 0.490 e. The molecular formula is C14H18ClNO2. The average molecular weight is 268 g/mol. The van der Waals surface area contributed by atoms with E-state index in [1.165, 1.54) is 19.3 Å². The van der Waals surface area contributed by atoms with Crippen molar-refractivity contribution >= 4 is 16.8 Å². The summed E-state index contributed by atoms with van der Waals surface area (Å²) in [5.74, 6) is 0.905. The van der Waals surface area contributed by atoms with Crippen LogP contribution in [0.1, 0.15) is 37.7 Å². The first-order valence-electron chi connectivity index (χ1n) is 6.40. The van der Waals surface area contributed by atoms with Crippen LogP contribution in [-0.2, 0) is 6.42 Å². The van der Waals surface area contributed by atoms with Gasteiger partial charge in [0.2, 0.25) is 0 Å². The minimum absolute atomic E-state index is 0.191. The molecule has 0 bridgehead atoms. The summed E-state index contributed by atoms with van der Waals surface area (Å²) in [4.78, 5) is 0. The number of nitrogens with zero attached hydrogens (tertiary/aromatic N) is 1. The molecule has 1 aromatic carbocycles. The van der Waals surface area contributed by atoms with Crippen molar-refractivity contribution in [3.05, 3.63) is 29.8 Å². The van der Waals surface area contributed by atoms with Crippen molar-refractivity contribution in [2.75, 3.05) is 0 Å². The van der Waals surface area contributed by atoms with Crippen molar-refractivity contribution in [1.29, 1.82) is 0 Å². The predicted molar refractivity (Wildman–Crippen MR) is 72.7 cm³/mol. The van der Waals surface area contributed by atoms with Crippen molar-refractivity contribution < 1.29 is 9.94 Å². The molecule has 1 saturated carbocycles. The van der Waals surface area contributed by atoms with Crippen molar-refractivity contribution in [3.63, 3.8) is 0 Å². The second-order valence-corrected chi connectivity index (χ2v) is 5.11. The third-order valence-electron chi connectivity index (χ3n) is 3.24. The second-order valence-electron chi connectivity index (χ2n) is 4.67. The fraction of sp³-hybridized carbons (Fsp3) is 0.500. The Morgan fingerprint density at radius 1 is 1.22 bits per heavy atom. The van der Waals surface area contributed by atoms with Gasteiger partial charge in [-0.2, -0.15) is 0 Å². The smallest absolute Gasteiger partial charge is 0.149 e. The van der Waals surface area contributed by atoms with Crippen LogP contribution < -0.4 is 4.74 Å². The van der Waals surface area contributed by atoms with E-state index in [2.05, 4.69) is 5.16 Å².